The van der Waals surface area contributed by atoms with Gasteiger partial charge in [-0.1, -0.05) is 6.07 Å². The van der Waals surface area contributed by atoms with Gasteiger partial charge in [0.2, 0.25) is 0 Å². The minimum Gasteiger partial charge on any atom is -0.497 e. The summed E-state index contributed by atoms with van der Waals surface area (Å²) in [6, 6.07) is 7.98. The SMILES string of the molecule is CN=C(NCCC(F)(F)F)NC1CCCN(c2cccc(OC)c2)C1.I. The highest BCUT2D eigenvalue weighted by molar-refractivity contribution is 14.0. The number of anilines is 1. The van der Waals surface area contributed by atoms with Gasteiger partial charge in [0.15, 0.2) is 5.96 Å². The first-order chi connectivity index (χ1) is 11.9. The normalized spacial score (nSPS) is 18.1. The second-order valence-corrected chi connectivity index (χ2v) is 6.00. The fourth-order valence-electron chi connectivity index (χ4n) is 2.85. The molecule has 1 saturated heterocycles. The van der Waals surface area contributed by atoms with Crippen molar-refractivity contribution in [2.24, 2.45) is 4.99 Å². The largest absolute Gasteiger partial charge is 0.497 e. The molecule has 1 fully saturated rings. The first-order valence-electron chi connectivity index (χ1n) is 8.34. The van der Waals surface area contributed by atoms with Gasteiger partial charge in [0.05, 0.1) is 13.5 Å². The third-order valence-electron chi connectivity index (χ3n) is 4.11. The van der Waals surface area contributed by atoms with Gasteiger partial charge in [-0.3, -0.25) is 4.99 Å². The molecule has 1 atom stereocenters. The number of halogens is 4. The lowest BCUT2D eigenvalue weighted by atomic mass is 10.0. The maximum atomic E-state index is 12.3. The highest BCUT2D eigenvalue weighted by Crippen LogP contribution is 2.24. The van der Waals surface area contributed by atoms with Gasteiger partial charge >= 0.3 is 6.18 Å². The predicted octanol–water partition coefficient (Wildman–Crippen LogP) is 3.40. The summed E-state index contributed by atoms with van der Waals surface area (Å²) >= 11 is 0. The van der Waals surface area contributed by atoms with Gasteiger partial charge in [-0.25, -0.2) is 0 Å². The van der Waals surface area contributed by atoms with E-state index >= 15 is 0 Å². The molecule has 26 heavy (non-hydrogen) atoms. The van der Waals surface area contributed by atoms with Crippen LogP contribution in [-0.4, -0.2) is 52.0 Å². The van der Waals surface area contributed by atoms with E-state index in [1.54, 1.807) is 14.2 Å². The molecular formula is C17H26F3IN4O. The van der Waals surface area contributed by atoms with Crippen molar-refractivity contribution in [2.75, 3.05) is 38.7 Å². The molecule has 0 saturated carbocycles. The maximum absolute atomic E-state index is 12.3. The second-order valence-electron chi connectivity index (χ2n) is 6.00. The van der Waals surface area contributed by atoms with Crippen molar-refractivity contribution in [3.63, 3.8) is 0 Å². The molecule has 0 aromatic heterocycles. The number of alkyl halides is 3. The van der Waals surface area contributed by atoms with Gasteiger partial charge in [0, 0.05) is 44.5 Å². The Morgan fingerprint density at radius 1 is 1.38 bits per heavy atom. The molecule has 1 aromatic carbocycles. The molecule has 1 unspecified atom stereocenters. The van der Waals surface area contributed by atoms with Gasteiger partial charge in [-0.05, 0) is 25.0 Å². The van der Waals surface area contributed by atoms with Crippen molar-refractivity contribution >= 4 is 35.6 Å². The van der Waals surface area contributed by atoms with Crippen LogP contribution in [0.1, 0.15) is 19.3 Å². The van der Waals surface area contributed by atoms with E-state index < -0.39 is 12.6 Å². The quantitative estimate of drug-likeness (QED) is 0.381. The van der Waals surface area contributed by atoms with Crippen LogP contribution in [0.25, 0.3) is 0 Å². The number of methoxy groups -OCH3 is 1. The highest BCUT2D eigenvalue weighted by Gasteiger charge is 2.27. The molecule has 2 rings (SSSR count). The summed E-state index contributed by atoms with van der Waals surface area (Å²) in [6.07, 6.45) is -3.11. The maximum Gasteiger partial charge on any atom is 0.390 e. The van der Waals surface area contributed by atoms with Crippen LogP contribution in [0.15, 0.2) is 29.3 Å². The van der Waals surface area contributed by atoms with Crippen LogP contribution in [0.2, 0.25) is 0 Å². The Kier molecular flexibility index (Phi) is 9.31. The fraction of sp³-hybridized carbons (Fsp3) is 0.588. The highest BCUT2D eigenvalue weighted by atomic mass is 127. The molecule has 1 aromatic rings. The van der Waals surface area contributed by atoms with Crippen LogP contribution in [0.3, 0.4) is 0 Å². The van der Waals surface area contributed by atoms with Crippen LogP contribution in [-0.2, 0) is 0 Å². The number of nitrogens with zero attached hydrogens (tertiary/aromatic N) is 2. The Morgan fingerprint density at radius 2 is 2.15 bits per heavy atom. The summed E-state index contributed by atoms with van der Waals surface area (Å²) < 4.78 is 42.0. The smallest absolute Gasteiger partial charge is 0.390 e. The average Bonchev–Trinajstić information content (AvgIpc) is 2.60. The van der Waals surface area contributed by atoms with Crippen LogP contribution >= 0.6 is 24.0 Å². The molecule has 9 heteroatoms. The number of hydrogen-bond acceptors (Lipinski definition) is 3. The molecule has 0 amide bonds. The summed E-state index contributed by atoms with van der Waals surface area (Å²) in [4.78, 5) is 6.26. The third-order valence-corrected chi connectivity index (χ3v) is 4.11. The zero-order valence-electron chi connectivity index (χ0n) is 15.0. The molecule has 1 aliphatic rings. The number of ether oxygens (including phenoxy) is 1. The first kappa shape index (κ1) is 22.7. The van der Waals surface area contributed by atoms with Crippen molar-refractivity contribution in [3.8, 4) is 5.75 Å². The lowest BCUT2D eigenvalue weighted by molar-refractivity contribution is -0.132. The van der Waals surface area contributed by atoms with E-state index in [1.165, 1.54) is 0 Å². The predicted molar refractivity (Wildman–Crippen MR) is 109 cm³/mol. The zero-order chi connectivity index (χ0) is 18.3. The topological polar surface area (TPSA) is 48.9 Å². The van der Waals surface area contributed by atoms with Gasteiger partial charge in [0.1, 0.15) is 5.75 Å². The summed E-state index contributed by atoms with van der Waals surface area (Å²) in [5, 5.41) is 5.95. The van der Waals surface area contributed by atoms with E-state index in [0.29, 0.717) is 5.96 Å². The van der Waals surface area contributed by atoms with Crippen molar-refractivity contribution in [2.45, 2.75) is 31.5 Å². The molecule has 0 aliphatic carbocycles. The first-order valence-corrected chi connectivity index (χ1v) is 8.34. The Balaban J connectivity index is 0.00000338. The van der Waals surface area contributed by atoms with Gasteiger partial charge < -0.3 is 20.3 Å². The molecule has 5 nitrogen and oxygen atoms in total. The number of rotatable bonds is 5. The Hall–Kier alpha value is -1.39. The summed E-state index contributed by atoms with van der Waals surface area (Å²) in [7, 11) is 3.20. The number of benzene rings is 1. The fourth-order valence-corrected chi connectivity index (χ4v) is 2.85. The minimum absolute atomic E-state index is 0. The average molecular weight is 486 g/mol. The lowest BCUT2D eigenvalue weighted by Crippen LogP contribution is -2.51. The van der Waals surface area contributed by atoms with E-state index in [-0.39, 0.29) is 36.6 Å². The van der Waals surface area contributed by atoms with Crippen molar-refractivity contribution in [1.82, 2.24) is 10.6 Å². The molecule has 2 N–H and O–H groups in total. The summed E-state index contributed by atoms with van der Waals surface area (Å²) in [5.41, 5.74) is 1.07. The van der Waals surface area contributed by atoms with Gasteiger partial charge in [-0.2, -0.15) is 13.2 Å². The van der Waals surface area contributed by atoms with Crippen LogP contribution in [0.5, 0.6) is 5.75 Å². The summed E-state index contributed by atoms with van der Waals surface area (Å²) in [5.74, 6) is 1.21. The van der Waals surface area contributed by atoms with Crippen LogP contribution in [0, 0.1) is 0 Å². The molecule has 148 valence electrons. The van der Waals surface area contributed by atoms with Crippen molar-refractivity contribution in [1.29, 1.82) is 0 Å². The number of nitrogens with one attached hydrogen (secondary N) is 2. The van der Waals surface area contributed by atoms with E-state index in [1.807, 2.05) is 24.3 Å². The summed E-state index contributed by atoms with van der Waals surface area (Å²) in [6.45, 7) is 1.51. The van der Waals surface area contributed by atoms with E-state index in [4.69, 9.17) is 4.74 Å². The van der Waals surface area contributed by atoms with Crippen molar-refractivity contribution < 1.29 is 17.9 Å². The molecule has 1 aliphatic heterocycles. The Morgan fingerprint density at radius 3 is 2.81 bits per heavy atom. The Bertz CT molecular complexity index is 583. The van der Waals surface area contributed by atoms with Gasteiger partial charge in [-0.15, -0.1) is 24.0 Å². The Labute approximate surface area is 169 Å². The lowest BCUT2D eigenvalue weighted by Gasteiger charge is -2.35. The molecule has 1 heterocycles. The minimum atomic E-state index is -4.17. The van der Waals surface area contributed by atoms with Crippen molar-refractivity contribution in [3.05, 3.63) is 24.3 Å². The second kappa shape index (κ2) is 10.7. The standard InChI is InChI=1S/C17H25F3N4O.HI/c1-21-16(22-9-8-17(18,19)20)23-13-5-4-10-24(12-13)14-6-3-7-15(11-14)25-2;/h3,6-7,11,13H,4-5,8-10,12H2,1-2H3,(H2,21,22,23);1H. The number of piperidine rings is 1. The zero-order valence-corrected chi connectivity index (χ0v) is 17.3. The molecular weight excluding hydrogens is 460 g/mol. The van der Waals surface area contributed by atoms with E-state index in [0.717, 1.165) is 37.4 Å². The van der Waals surface area contributed by atoms with E-state index in [2.05, 4.69) is 20.5 Å². The van der Waals surface area contributed by atoms with Crippen LogP contribution in [0.4, 0.5) is 18.9 Å². The molecule has 0 bridgehead atoms. The number of hydrogen-bond donors (Lipinski definition) is 2. The molecule has 0 radical (unpaired) electrons. The molecule has 0 spiro atoms. The monoisotopic (exact) mass is 486 g/mol. The van der Waals surface area contributed by atoms with Crippen LogP contribution < -0.4 is 20.3 Å². The number of guanidine groups is 1. The number of aliphatic imine (C=N–C) groups is 1. The van der Waals surface area contributed by atoms with E-state index in [9.17, 15) is 13.2 Å². The van der Waals surface area contributed by atoms with Gasteiger partial charge in [0.25, 0.3) is 0 Å². The third kappa shape index (κ3) is 7.46.